The van der Waals surface area contributed by atoms with Crippen molar-refractivity contribution in [3.8, 4) is 5.69 Å². The second kappa shape index (κ2) is 9.01. The van der Waals surface area contributed by atoms with Gasteiger partial charge in [-0.3, -0.25) is 4.79 Å². The molecule has 0 fully saturated rings. The van der Waals surface area contributed by atoms with Crippen molar-refractivity contribution in [2.45, 2.75) is 44.0 Å². The molecule has 2 aromatic carbocycles. The van der Waals surface area contributed by atoms with E-state index in [1.54, 1.807) is 4.68 Å². The summed E-state index contributed by atoms with van der Waals surface area (Å²) < 4.78 is 1.70. The molecule has 2 atom stereocenters. The van der Waals surface area contributed by atoms with Crippen molar-refractivity contribution in [1.29, 1.82) is 0 Å². The fourth-order valence-electron chi connectivity index (χ4n) is 2.86. The highest BCUT2D eigenvalue weighted by atomic mass is 32.2. The summed E-state index contributed by atoms with van der Waals surface area (Å²) in [4.78, 5) is 12.6. The van der Waals surface area contributed by atoms with E-state index < -0.39 is 0 Å². The van der Waals surface area contributed by atoms with Gasteiger partial charge in [-0.25, -0.2) is 0 Å². The van der Waals surface area contributed by atoms with Gasteiger partial charge in [0.2, 0.25) is 11.1 Å². The summed E-state index contributed by atoms with van der Waals surface area (Å²) in [6.07, 6.45) is 0. The van der Waals surface area contributed by atoms with Crippen molar-refractivity contribution in [2.75, 3.05) is 6.54 Å². The van der Waals surface area contributed by atoms with E-state index in [9.17, 15) is 4.79 Å². The molecule has 0 aliphatic rings. The first-order valence-corrected chi connectivity index (χ1v) is 10.2. The number of amides is 1. The number of hydrogen-bond acceptors (Lipinski definition) is 5. The number of carbonyl (C=O) groups excluding carboxylic acids is 1. The van der Waals surface area contributed by atoms with Gasteiger partial charge in [-0.15, -0.1) is 5.10 Å². The average Bonchev–Trinajstić information content (AvgIpc) is 3.16. The van der Waals surface area contributed by atoms with Gasteiger partial charge in [0, 0.05) is 6.54 Å². The molecule has 3 rings (SSSR count). The van der Waals surface area contributed by atoms with E-state index in [1.165, 1.54) is 17.3 Å². The van der Waals surface area contributed by atoms with Crippen LogP contribution in [0.25, 0.3) is 5.69 Å². The summed E-state index contributed by atoms with van der Waals surface area (Å²) in [5, 5.41) is 15.4. The second-order valence-electron chi connectivity index (χ2n) is 6.98. The van der Waals surface area contributed by atoms with Gasteiger partial charge in [0.05, 0.1) is 10.9 Å². The Morgan fingerprint density at radius 2 is 1.89 bits per heavy atom. The largest absolute Gasteiger partial charge is 0.355 e. The molecule has 0 saturated heterocycles. The van der Waals surface area contributed by atoms with Crippen LogP contribution < -0.4 is 5.32 Å². The lowest BCUT2D eigenvalue weighted by molar-refractivity contribution is -0.120. The Morgan fingerprint density at radius 3 is 2.64 bits per heavy atom. The summed E-state index contributed by atoms with van der Waals surface area (Å²) >= 11 is 1.36. The summed E-state index contributed by atoms with van der Waals surface area (Å²) in [5.41, 5.74) is 4.35. The Hall–Kier alpha value is -2.67. The lowest BCUT2D eigenvalue weighted by atomic mass is 10.0. The topological polar surface area (TPSA) is 72.7 Å². The predicted octanol–water partition coefficient (Wildman–Crippen LogP) is 3.68. The highest BCUT2D eigenvalue weighted by Crippen LogP contribution is 2.25. The van der Waals surface area contributed by atoms with Gasteiger partial charge >= 0.3 is 0 Å². The molecule has 0 bridgehead atoms. The summed E-state index contributed by atoms with van der Waals surface area (Å²) in [5.74, 6) is 0.228. The van der Waals surface area contributed by atoms with Crippen LogP contribution in [0.5, 0.6) is 0 Å². The van der Waals surface area contributed by atoms with Gasteiger partial charge in [0.15, 0.2) is 0 Å². The first-order valence-electron chi connectivity index (χ1n) is 9.31. The molecule has 0 aliphatic carbocycles. The molecule has 0 aliphatic heterocycles. The molecule has 2 unspecified atom stereocenters. The highest BCUT2D eigenvalue weighted by Gasteiger charge is 2.20. The molecule has 28 heavy (non-hydrogen) atoms. The van der Waals surface area contributed by atoms with E-state index in [0.717, 1.165) is 16.8 Å². The van der Waals surface area contributed by atoms with Crippen LogP contribution in [0.2, 0.25) is 0 Å². The highest BCUT2D eigenvalue weighted by molar-refractivity contribution is 8.00. The first kappa shape index (κ1) is 20.1. The number of rotatable bonds is 7. The maximum absolute atomic E-state index is 12.6. The molecule has 1 aromatic heterocycles. The minimum atomic E-state index is -0.308. The maximum atomic E-state index is 12.6. The van der Waals surface area contributed by atoms with Gasteiger partial charge < -0.3 is 5.32 Å². The van der Waals surface area contributed by atoms with Crippen LogP contribution >= 0.6 is 11.8 Å². The van der Waals surface area contributed by atoms with Gasteiger partial charge in [-0.05, 0) is 59.9 Å². The van der Waals surface area contributed by atoms with E-state index in [1.807, 2.05) is 51.1 Å². The molecular weight excluding hydrogens is 370 g/mol. The van der Waals surface area contributed by atoms with Crippen LogP contribution in [0.1, 0.15) is 36.5 Å². The molecule has 7 heteroatoms. The first-order chi connectivity index (χ1) is 13.5. The maximum Gasteiger partial charge on any atom is 0.233 e. The molecule has 1 N–H and O–H groups in total. The SMILES string of the molecule is Cc1ccc(C)c(-n2nnnc2SC(C)C(=O)NCC(C)c2ccccc2)c1. The number of benzene rings is 2. The number of carbonyl (C=O) groups is 1. The third-order valence-electron chi connectivity index (χ3n) is 4.64. The minimum absolute atomic E-state index is 0.0247. The Labute approximate surface area is 169 Å². The van der Waals surface area contributed by atoms with Crippen LogP contribution in [-0.4, -0.2) is 37.9 Å². The molecule has 0 saturated carbocycles. The Balaban J connectivity index is 1.64. The van der Waals surface area contributed by atoms with Crippen molar-refractivity contribution in [3.05, 3.63) is 65.2 Å². The quantitative estimate of drug-likeness (QED) is 0.618. The van der Waals surface area contributed by atoms with Crippen molar-refractivity contribution in [2.24, 2.45) is 0 Å². The molecule has 0 radical (unpaired) electrons. The van der Waals surface area contributed by atoms with E-state index in [-0.39, 0.29) is 17.1 Å². The second-order valence-corrected chi connectivity index (χ2v) is 8.29. The summed E-state index contributed by atoms with van der Waals surface area (Å²) in [6, 6.07) is 16.3. The van der Waals surface area contributed by atoms with Crippen LogP contribution in [0.15, 0.2) is 53.7 Å². The lowest BCUT2D eigenvalue weighted by Gasteiger charge is -2.16. The van der Waals surface area contributed by atoms with Gasteiger partial charge in [-0.1, -0.05) is 61.2 Å². The average molecular weight is 396 g/mol. The number of aryl methyl sites for hydroxylation is 2. The summed E-state index contributed by atoms with van der Waals surface area (Å²) in [6.45, 7) is 8.62. The molecule has 146 valence electrons. The molecule has 1 heterocycles. The number of nitrogens with zero attached hydrogens (tertiary/aromatic N) is 4. The number of tetrazole rings is 1. The number of nitrogens with one attached hydrogen (secondary N) is 1. The van der Waals surface area contributed by atoms with Crippen LogP contribution in [-0.2, 0) is 4.79 Å². The fourth-order valence-corrected chi connectivity index (χ4v) is 3.68. The number of hydrogen-bond donors (Lipinski definition) is 1. The van der Waals surface area contributed by atoms with E-state index in [0.29, 0.717) is 11.7 Å². The van der Waals surface area contributed by atoms with Gasteiger partial charge in [-0.2, -0.15) is 4.68 Å². The van der Waals surface area contributed by atoms with Crippen molar-refractivity contribution < 1.29 is 4.79 Å². The third kappa shape index (κ3) is 4.78. The zero-order valence-corrected chi connectivity index (χ0v) is 17.4. The molecule has 0 spiro atoms. The predicted molar refractivity (Wildman–Crippen MR) is 112 cm³/mol. The third-order valence-corrected chi connectivity index (χ3v) is 5.67. The van der Waals surface area contributed by atoms with Crippen LogP contribution in [0.3, 0.4) is 0 Å². The van der Waals surface area contributed by atoms with Crippen molar-refractivity contribution >= 4 is 17.7 Å². The fraction of sp³-hybridized carbons (Fsp3) is 0.333. The van der Waals surface area contributed by atoms with Crippen molar-refractivity contribution in [3.63, 3.8) is 0 Å². The smallest absolute Gasteiger partial charge is 0.233 e. The van der Waals surface area contributed by atoms with Gasteiger partial charge in [0.1, 0.15) is 0 Å². The van der Waals surface area contributed by atoms with E-state index >= 15 is 0 Å². The zero-order chi connectivity index (χ0) is 20.1. The molecule has 6 nitrogen and oxygen atoms in total. The normalized spacial score (nSPS) is 13.1. The minimum Gasteiger partial charge on any atom is -0.355 e. The van der Waals surface area contributed by atoms with Gasteiger partial charge in [0.25, 0.3) is 0 Å². The summed E-state index contributed by atoms with van der Waals surface area (Å²) in [7, 11) is 0. The molecule has 3 aromatic rings. The van der Waals surface area contributed by atoms with E-state index in [2.05, 4.69) is 46.0 Å². The molecular formula is C21H25N5OS. The Morgan fingerprint density at radius 1 is 1.14 bits per heavy atom. The molecule has 1 amide bonds. The van der Waals surface area contributed by atoms with Crippen molar-refractivity contribution in [1.82, 2.24) is 25.5 Å². The zero-order valence-electron chi connectivity index (χ0n) is 16.6. The van der Waals surface area contributed by atoms with Crippen LogP contribution in [0, 0.1) is 13.8 Å². The Bertz CT molecular complexity index is 941. The number of thioether (sulfide) groups is 1. The monoisotopic (exact) mass is 395 g/mol. The Kier molecular flexibility index (Phi) is 6.46. The lowest BCUT2D eigenvalue weighted by Crippen LogP contribution is -2.33. The van der Waals surface area contributed by atoms with Crippen LogP contribution in [0.4, 0.5) is 0 Å². The van der Waals surface area contributed by atoms with E-state index in [4.69, 9.17) is 0 Å². The standard InChI is InChI=1S/C21H25N5OS/c1-14-10-11-15(2)19(12-14)26-21(23-24-25-26)28-17(4)20(27)22-13-16(3)18-8-6-5-7-9-18/h5-12,16-17H,13H2,1-4H3,(H,22,27). The number of aromatic nitrogens is 4.